The number of guanidine groups is 1. The van der Waals surface area contributed by atoms with Crippen molar-refractivity contribution in [3.8, 4) is 0 Å². The first-order chi connectivity index (χ1) is 7.26. The van der Waals surface area contributed by atoms with Gasteiger partial charge in [-0.2, -0.15) is 0 Å². The molecule has 0 amide bonds. The predicted octanol–water partition coefficient (Wildman–Crippen LogP) is 2.53. The van der Waals surface area contributed by atoms with Gasteiger partial charge in [0, 0.05) is 19.1 Å². The Kier molecular flexibility index (Phi) is 8.70. The van der Waals surface area contributed by atoms with Gasteiger partial charge in [0.05, 0.1) is 0 Å². The van der Waals surface area contributed by atoms with E-state index in [1.54, 1.807) is 0 Å². The Bertz CT molecular complexity index is 224. The first-order valence-corrected chi connectivity index (χ1v) is 5.92. The fourth-order valence-electron chi connectivity index (χ4n) is 1.18. The molecule has 4 heteroatoms. The van der Waals surface area contributed by atoms with E-state index >= 15 is 0 Å². The molecule has 0 heterocycles. The van der Waals surface area contributed by atoms with E-state index in [2.05, 4.69) is 36.1 Å². The molecule has 94 valence electrons. The Hall–Kier alpha value is -0.260. The fourth-order valence-corrected chi connectivity index (χ4v) is 1.18. The van der Waals surface area contributed by atoms with Crippen molar-refractivity contribution in [1.29, 1.82) is 0 Å². The highest BCUT2D eigenvalue weighted by Crippen LogP contribution is 2.28. The van der Waals surface area contributed by atoms with Crippen molar-refractivity contribution in [2.45, 2.75) is 39.2 Å². The molecule has 1 aliphatic rings. The van der Waals surface area contributed by atoms with Gasteiger partial charge in [0.1, 0.15) is 0 Å². The number of hydrogen-bond donors (Lipinski definition) is 2. The Labute approximate surface area is 116 Å². The van der Waals surface area contributed by atoms with Crippen LogP contribution in [0.3, 0.4) is 0 Å². The lowest BCUT2D eigenvalue weighted by molar-refractivity contribution is 0.625. The van der Waals surface area contributed by atoms with Crippen molar-refractivity contribution in [2.24, 2.45) is 10.9 Å². The smallest absolute Gasteiger partial charge is 0.191 e. The average molecular weight is 337 g/mol. The molecule has 0 aromatic heterocycles. The number of nitrogens with one attached hydrogen (secondary N) is 2. The maximum absolute atomic E-state index is 4.56. The lowest BCUT2D eigenvalue weighted by atomic mass is 10.3. The minimum absolute atomic E-state index is 0. The zero-order valence-corrected chi connectivity index (χ0v) is 12.7. The topological polar surface area (TPSA) is 36.4 Å². The summed E-state index contributed by atoms with van der Waals surface area (Å²) >= 11 is 0. The van der Waals surface area contributed by atoms with Crippen LogP contribution >= 0.6 is 24.0 Å². The number of nitrogens with zero attached hydrogens (tertiary/aromatic N) is 1. The predicted molar refractivity (Wildman–Crippen MR) is 81.5 cm³/mol. The van der Waals surface area contributed by atoms with Crippen LogP contribution in [0, 0.1) is 5.92 Å². The Morgan fingerprint density at radius 3 is 2.75 bits per heavy atom. The lowest BCUT2D eigenvalue weighted by Gasteiger charge is -2.16. The molecule has 0 aromatic rings. The molecule has 1 atom stereocenters. The molecule has 0 bridgehead atoms. The summed E-state index contributed by atoms with van der Waals surface area (Å²) < 4.78 is 0. The molecule has 0 spiro atoms. The third kappa shape index (κ3) is 7.09. The minimum atomic E-state index is 0. The van der Waals surface area contributed by atoms with Crippen LogP contribution in [0.1, 0.15) is 33.1 Å². The van der Waals surface area contributed by atoms with Crippen molar-refractivity contribution < 1.29 is 0 Å². The molecule has 1 saturated carbocycles. The highest BCUT2D eigenvalue weighted by molar-refractivity contribution is 14.0. The van der Waals surface area contributed by atoms with Gasteiger partial charge < -0.3 is 10.6 Å². The summed E-state index contributed by atoms with van der Waals surface area (Å²) in [6.07, 6.45) is 5.66. The summed E-state index contributed by atoms with van der Waals surface area (Å²) in [4.78, 5) is 4.56. The van der Waals surface area contributed by atoms with E-state index in [4.69, 9.17) is 0 Å². The van der Waals surface area contributed by atoms with Gasteiger partial charge in [-0.1, -0.05) is 13.0 Å². The van der Waals surface area contributed by atoms with Gasteiger partial charge in [-0.15, -0.1) is 30.6 Å². The van der Waals surface area contributed by atoms with E-state index in [1.807, 2.05) is 6.08 Å². The summed E-state index contributed by atoms with van der Waals surface area (Å²) in [6.45, 7) is 9.77. The van der Waals surface area contributed by atoms with Gasteiger partial charge in [0.15, 0.2) is 5.96 Å². The molecule has 1 aliphatic carbocycles. The zero-order chi connectivity index (χ0) is 11.1. The van der Waals surface area contributed by atoms with Crippen molar-refractivity contribution >= 4 is 29.9 Å². The second-order valence-corrected chi connectivity index (χ2v) is 4.26. The van der Waals surface area contributed by atoms with Crippen LogP contribution in [0.15, 0.2) is 17.6 Å². The monoisotopic (exact) mass is 337 g/mol. The molecule has 0 aliphatic heterocycles. The third-order valence-electron chi connectivity index (χ3n) is 2.61. The van der Waals surface area contributed by atoms with Gasteiger partial charge >= 0.3 is 0 Å². The molecule has 0 radical (unpaired) electrons. The van der Waals surface area contributed by atoms with Crippen LogP contribution in [-0.2, 0) is 0 Å². The van der Waals surface area contributed by atoms with E-state index in [1.165, 1.54) is 12.8 Å². The number of aliphatic imine (C=N–C) groups is 1. The molecule has 16 heavy (non-hydrogen) atoms. The Balaban J connectivity index is 0.00000225. The molecular weight excluding hydrogens is 313 g/mol. The summed E-state index contributed by atoms with van der Waals surface area (Å²) in [5, 5.41) is 6.61. The van der Waals surface area contributed by atoms with E-state index < -0.39 is 0 Å². The van der Waals surface area contributed by atoms with Gasteiger partial charge in [0.25, 0.3) is 0 Å². The van der Waals surface area contributed by atoms with E-state index in [-0.39, 0.29) is 24.0 Å². The molecule has 1 rings (SSSR count). The normalized spacial score (nSPS) is 17.2. The second kappa shape index (κ2) is 8.84. The van der Waals surface area contributed by atoms with E-state index in [0.29, 0.717) is 6.04 Å². The lowest BCUT2D eigenvalue weighted by Crippen LogP contribution is -2.42. The zero-order valence-electron chi connectivity index (χ0n) is 10.3. The maximum Gasteiger partial charge on any atom is 0.191 e. The number of halogens is 1. The van der Waals surface area contributed by atoms with Crippen LogP contribution in [-0.4, -0.2) is 25.1 Å². The number of rotatable bonds is 6. The molecule has 1 unspecified atom stereocenters. The van der Waals surface area contributed by atoms with Crippen molar-refractivity contribution in [3.05, 3.63) is 12.7 Å². The standard InChI is InChI=1S/C12H23N3.HI/c1-4-8-13-12(15-10(3)5-2)14-9-11-6-7-11;/h4,10-11H,1,5-9H2,2-3H3,(H2,13,14,15);1H. The molecule has 0 saturated heterocycles. The Morgan fingerprint density at radius 1 is 1.56 bits per heavy atom. The molecule has 3 nitrogen and oxygen atoms in total. The fraction of sp³-hybridized carbons (Fsp3) is 0.750. The summed E-state index contributed by atoms with van der Waals surface area (Å²) in [6, 6.07) is 0.472. The van der Waals surface area contributed by atoms with Crippen LogP contribution in [0.4, 0.5) is 0 Å². The first-order valence-electron chi connectivity index (χ1n) is 5.92. The molecule has 0 aromatic carbocycles. The highest BCUT2D eigenvalue weighted by Gasteiger charge is 2.20. The second-order valence-electron chi connectivity index (χ2n) is 4.26. The summed E-state index contributed by atoms with van der Waals surface area (Å²) in [5.41, 5.74) is 0. The summed E-state index contributed by atoms with van der Waals surface area (Å²) in [7, 11) is 0. The number of hydrogen-bond acceptors (Lipinski definition) is 1. The first kappa shape index (κ1) is 15.7. The van der Waals surface area contributed by atoms with Gasteiger partial charge in [-0.25, -0.2) is 0 Å². The average Bonchev–Trinajstić information content (AvgIpc) is 3.05. The van der Waals surface area contributed by atoms with Gasteiger partial charge in [0.2, 0.25) is 0 Å². The van der Waals surface area contributed by atoms with Crippen LogP contribution in [0.25, 0.3) is 0 Å². The highest BCUT2D eigenvalue weighted by atomic mass is 127. The SMILES string of the molecule is C=CCNC(=NCC1CC1)NC(C)CC.I. The summed E-state index contributed by atoms with van der Waals surface area (Å²) in [5.74, 6) is 1.76. The third-order valence-corrected chi connectivity index (χ3v) is 2.61. The van der Waals surface area contributed by atoms with Crippen LogP contribution in [0.5, 0.6) is 0 Å². The molecule has 1 fully saturated rings. The molecule has 2 N–H and O–H groups in total. The quantitative estimate of drug-likeness (QED) is 0.338. The largest absolute Gasteiger partial charge is 0.354 e. The van der Waals surface area contributed by atoms with Crippen LogP contribution < -0.4 is 10.6 Å². The maximum atomic E-state index is 4.56. The van der Waals surface area contributed by atoms with Crippen molar-refractivity contribution in [3.63, 3.8) is 0 Å². The van der Waals surface area contributed by atoms with Crippen molar-refractivity contribution in [2.75, 3.05) is 13.1 Å². The minimum Gasteiger partial charge on any atom is -0.354 e. The van der Waals surface area contributed by atoms with Gasteiger partial charge in [-0.05, 0) is 32.1 Å². The van der Waals surface area contributed by atoms with Crippen molar-refractivity contribution in [1.82, 2.24) is 10.6 Å². The van der Waals surface area contributed by atoms with E-state index in [0.717, 1.165) is 31.4 Å². The van der Waals surface area contributed by atoms with Gasteiger partial charge in [-0.3, -0.25) is 4.99 Å². The van der Waals surface area contributed by atoms with Crippen LogP contribution in [0.2, 0.25) is 0 Å². The Morgan fingerprint density at radius 2 is 2.25 bits per heavy atom. The van der Waals surface area contributed by atoms with E-state index in [9.17, 15) is 0 Å². The molecular formula is C12H24IN3.